The molecule has 0 saturated heterocycles. The number of aryl methyl sites for hydroxylation is 1. The first-order valence-electron chi connectivity index (χ1n) is 4.77. The van der Waals surface area contributed by atoms with Gasteiger partial charge in [-0.05, 0) is 41.4 Å². The number of hydrogen-bond acceptors (Lipinski definition) is 2. The molecule has 0 aliphatic heterocycles. The SMILES string of the molecule is Cc1nn(Cc2cccnc2)c(C)c1Br. The molecule has 0 aliphatic rings. The largest absolute Gasteiger partial charge is 0.264 e. The molecular weight excluding hydrogens is 254 g/mol. The van der Waals surface area contributed by atoms with Crippen molar-refractivity contribution < 1.29 is 0 Å². The summed E-state index contributed by atoms with van der Waals surface area (Å²) in [6.45, 7) is 4.82. The summed E-state index contributed by atoms with van der Waals surface area (Å²) in [6.07, 6.45) is 3.64. The Balaban J connectivity index is 2.29. The molecule has 15 heavy (non-hydrogen) atoms. The van der Waals surface area contributed by atoms with Gasteiger partial charge in [0.15, 0.2) is 0 Å². The average Bonchev–Trinajstić information content (AvgIpc) is 2.48. The van der Waals surface area contributed by atoms with E-state index in [0.29, 0.717) is 0 Å². The number of halogens is 1. The fraction of sp³-hybridized carbons (Fsp3) is 0.273. The Morgan fingerprint density at radius 3 is 2.73 bits per heavy atom. The van der Waals surface area contributed by atoms with Crippen LogP contribution in [0.15, 0.2) is 29.0 Å². The van der Waals surface area contributed by atoms with Crippen LogP contribution in [0, 0.1) is 13.8 Å². The molecule has 2 aromatic rings. The number of aromatic nitrogens is 3. The van der Waals surface area contributed by atoms with E-state index in [9.17, 15) is 0 Å². The zero-order chi connectivity index (χ0) is 10.8. The molecule has 2 aromatic heterocycles. The zero-order valence-corrected chi connectivity index (χ0v) is 10.3. The van der Waals surface area contributed by atoms with Crippen LogP contribution < -0.4 is 0 Å². The maximum atomic E-state index is 4.45. The highest BCUT2D eigenvalue weighted by atomic mass is 79.9. The molecule has 3 nitrogen and oxygen atoms in total. The van der Waals surface area contributed by atoms with Gasteiger partial charge in [-0.25, -0.2) is 0 Å². The molecule has 0 amide bonds. The third kappa shape index (κ3) is 2.09. The van der Waals surface area contributed by atoms with Gasteiger partial charge >= 0.3 is 0 Å². The lowest BCUT2D eigenvalue weighted by Crippen LogP contribution is -2.04. The molecule has 0 saturated carbocycles. The molecule has 0 aliphatic carbocycles. The molecule has 0 aromatic carbocycles. The summed E-state index contributed by atoms with van der Waals surface area (Å²) in [7, 11) is 0. The Morgan fingerprint density at radius 2 is 2.20 bits per heavy atom. The summed E-state index contributed by atoms with van der Waals surface area (Å²) >= 11 is 3.51. The molecule has 0 fully saturated rings. The van der Waals surface area contributed by atoms with Crippen LogP contribution in [0.3, 0.4) is 0 Å². The second-order valence-corrected chi connectivity index (χ2v) is 4.30. The van der Waals surface area contributed by atoms with E-state index >= 15 is 0 Å². The highest BCUT2D eigenvalue weighted by Gasteiger charge is 2.08. The van der Waals surface area contributed by atoms with Gasteiger partial charge in [-0.3, -0.25) is 9.67 Å². The topological polar surface area (TPSA) is 30.7 Å². The van der Waals surface area contributed by atoms with Crippen molar-refractivity contribution >= 4 is 15.9 Å². The second-order valence-electron chi connectivity index (χ2n) is 3.50. The van der Waals surface area contributed by atoms with Crippen molar-refractivity contribution in [2.75, 3.05) is 0 Å². The Labute approximate surface area is 97.3 Å². The average molecular weight is 266 g/mol. The molecule has 0 atom stereocenters. The minimum Gasteiger partial charge on any atom is -0.264 e. The molecule has 2 heterocycles. The van der Waals surface area contributed by atoms with Crippen LogP contribution in [0.1, 0.15) is 17.0 Å². The van der Waals surface area contributed by atoms with Gasteiger partial charge in [0.25, 0.3) is 0 Å². The van der Waals surface area contributed by atoms with Crippen molar-refractivity contribution in [3.05, 3.63) is 46.0 Å². The van der Waals surface area contributed by atoms with Crippen molar-refractivity contribution in [3.63, 3.8) is 0 Å². The molecule has 4 heteroatoms. The first-order chi connectivity index (χ1) is 7.18. The summed E-state index contributed by atoms with van der Waals surface area (Å²) in [5.41, 5.74) is 3.34. The van der Waals surface area contributed by atoms with Crippen LogP contribution in [0.2, 0.25) is 0 Å². The van der Waals surface area contributed by atoms with E-state index in [1.807, 2.05) is 23.9 Å². The predicted octanol–water partition coefficient (Wildman–Crippen LogP) is 2.71. The van der Waals surface area contributed by atoms with Crippen LogP contribution in [0.5, 0.6) is 0 Å². The van der Waals surface area contributed by atoms with Gasteiger partial charge in [0.05, 0.1) is 22.4 Å². The van der Waals surface area contributed by atoms with Crippen LogP contribution >= 0.6 is 15.9 Å². The highest BCUT2D eigenvalue weighted by Crippen LogP contribution is 2.20. The van der Waals surface area contributed by atoms with Crippen LogP contribution in [0.4, 0.5) is 0 Å². The minimum atomic E-state index is 0.770. The lowest BCUT2D eigenvalue weighted by molar-refractivity contribution is 0.657. The quantitative estimate of drug-likeness (QED) is 0.836. The lowest BCUT2D eigenvalue weighted by atomic mass is 10.3. The van der Waals surface area contributed by atoms with Crippen LogP contribution in [0.25, 0.3) is 0 Å². The van der Waals surface area contributed by atoms with Gasteiger partial charge in [0.2, 0.25) is 0 Å². The maximum absolute atomic E-state index is 4.45. The Hall–Kier alpha value is -1.16. The summed E-state index contributed by atoms with van der Waals surface area (Å²) in [4.78, 5) is 4.09. The summed E-state index contributed by atoms with van der Waals surface area (Å²) < 4.78 is 3.07. The third-order valence-corrected chi connectivity index (χ3v) is 3.50. The van der Waals surface area contributed by atoms with Gasteiger partial charge < -0.3 is 0 Å². The van der Waals surface area contributed by atoms with Gasteiger partial charge in [0.1, 0.15) is 0 Å². The van der Waals surface area contributed by atoms with Crippen molar-refractivity contribution in [2.45, 2.75) is 20.4 Å². The fourth-order valence-corrected chi connectivity index (χ4v) is 1.78. The molecule has 2 rings (SSSR count). The van der Waals surface area contributed by atoms with E-state index in [2.05, 4.69) is 39.0 Å². The number of rotatable bonds is 2. The van der Waals surface area contributed by atoms with E-state index in [1.54, 1.807) is 6.20 Å². The van der Waals surface area contributed by atoms with Crippen LogP contribution in [-0.4, -0.2) is 14.8 Å². The molecule has 0 N–H and O–H groups in total. The Kier molecular flexibility index (Phi) is 2.86. The van der Waals surface area contributed by atoms with E-state index < -0.39 is 0 Å². The second kappa shape index (κ2) is 4.14. The fourth-order valence-electron chi connectivity index (χ4n) is 1.49. The van der Waals surface area contributed by atoms with Crippen molar-refractivity contribution in [3.8, 4) is 0 Å². The standard InChI is InChI=1S/C11H12BrN3/c1-8-11(12)9(2)15(14-8)7-10-4-3-5-13-6-10/h3-6H,7H2,1-2H3. The summed E-state index contributed by atoms with van der Waals surface area (Å²) in [5, 5.41) is 4.45. The molecule has 78 valence electrons. The van der Waals surface area contributed by atoms with Gasteiger partial charge in [0, 0.05) is 12.4 Å². The third-order valence-electron chi connectivity index (χ3n) is 2.35. The summed E-state index contributed by atoms with van der Waals surface area (Å²) in [5.74, 6) is 0. The summed E-state index contributed by atoms with van der Waals surface area (Å²) in [6, 6.07) is 3.99. The number of nitrogens with zero attached hydrogens (tertiary/aromatic N) is 3. The van der Waals surface area contributed by atoms with Gasteiger partial charge in [-0.1, -0.05) is 6.07 Å². The molecule has 0 spiro atoms. The van der Waals surface area contributed by atoms with E-state index in [0.717, 1.165) is 28.0 Å². The predicted molar refractivity (Wildman–Crippen MR) is 62.7 cm³/mol. The zero-order valence-electron chi connectivity index (χ0n) is 8.74. The molecule has 0 bridgehead atoms. The molecule has 0 radical (unpaired) electrons. The Bertz CT molecular complexity index is 462. The minimum absolute atomic E-state index is 0.770. The van der Waals surface area contributed by atoms with Crippen molar-refractivity contribution in [1.82, 2.24) is 14.8 Å². The highest BCUT2D eigenvalue weighted by molar-refractivity contribution is 9.10. The van der Waals surface area contributed by atoms with E-state index in [-0.39, 0.29) is 0 Å². The smallest absolute Gasteiger partial charge is 0.0738 e. The van der Waals surface area contributed by atoms with Gasteiger partial charge in [-0.15, -0.1) is 0 Å². The number of pyridine rings is 1. The first-order valence-corrected chi connectivity index (χ1v) is 5.56. The lowest BCUT2D eigenvalue weighted by Gasteiger charge is -2.03. The van der Waals surface area contributed by atoms with Crippen molar-refractivity contribution in [2.24, 2.45) is 0 Å². The molecule has 0 unspecified atom stereocenters. The van der Waals surface area contributed by atoms with Gasteiger partial charge in [-0.2, -0.15) is 5.10 Å². The number of hydrogen-bond donors (Lipinski definition) is 0. The normalized spacial score (nSPS) is 10.6. The first kappa shape index (κ1) is 10.4. The van der Waals surface area contributed by atoms with Crippen LogP contribution in [-0.2, 0) is 6.54 Å². The maximum Gasteiger partial charge on any atom is 0.0738 e. The molecular formula is C11H12BrN3. The van der Waals surface area contributed by atoms with Crippen molar-refractivity contribution in [1.29, 1.82) is 0 Å². The van der Waals surface area contributed by atoms with E-state index in [4.69, 9.17) is 0 Å². The van der Waals surface area contributed by atoms with E-state index in [1.165, 1.54) is 0 Å². The Morgan fingerprint density at radius 1 is 1.40 bits per heavy atom. The monoisotopic (exact) mass is 265 g/mol.